The van der Waals surface area contributed by atoms with Crippen LogP contribution in [0.2, 0.25) is 5.02 Å². The molecule has 1 heterocycles. The van der Waals surface area contributed by atoms with Gasteiger partial charge >= 0.3 is 0 Å². The van der Waals surface area contributed by atoms with E-state index in [1.165, 1.54) is 12.0 Å². The average Bonchev–Trinajstić information content (AvgIpc) is 2.82. The number of halogens is 1. The Balaban J connectivity index is 1.60. The minimum Gasteiger partial charge on any atom is -0.495 e. The van der Waals surface area contributed by atoms with Crippen molar-refractivity contribution in [2.75, 3.05) is 19.0 Å². The van der Waals surface area contributed by atoms with Gasteiger partial charge in [-0.2, -0.15) is 0 Å². The number of carbonyl (C=O) groups is 3. The Labute approximate surface area is 170 Å². The number of carbonyl (C=O) groups excluding carboxylic acids is 3. The Morgan fingerprint density at radius 3 is 2.71 bits per heavy atom. The number of nitrogens with one attached hydrogen (secondary N) is 1. The van der Waals surface area contributed by atoms with E-state index in [1.54, 1.807) is 18.2 Å². The molecule has 152 valence electrons. The van der Waals surface area contributed by atoms with Gasteiger partial charge in [0.05, 0.1) is 18.2 Å². The molecule has 3 amide bonds. The van der Waals surface area contributed by atoms with E-state index in [0.29, 0.717) is 22.9 Å². The number of amides is 3. The predicted molar refractivity (Wildman–Crippen MR) is 107 cm³/mol. The van der Waals surface area contributed by atoms with Gasteiger partial charge in [-0.1, -0.05) is 32.4 Å². The second-order valence-corrected chi connectivity index (χ2v) is 8.87. The number of rotatable bonds is 6. The maximum absolute atomic E-state index is 13.0. The summed E-state index contributed by atoms with van der Waals surface area (Å²) in [5.41, 5.74) is -0.336. The van der Waals surface area contributed by atoms with Gasteiger partial charge in [0, 0.05) is 23.9 Å². The van der Waals surface area contributed by atoms with Gasteiger partial charge in [-0.3, -0.25) is 19.3 Å². The summed E-state index contributed by atoms with van der Waals surface area (Å²) in [6, 6.07) is 4.98. The molecule has 1 aliphatic heterocycles. The van der Waals surface area contributed by atoms with Gasteiger partial charge < -0.3 is 10.1 Å². The minimum absolute atomic E-state index is 0.0955. The van der Waals surface area contributed by atoms with Crippen LogP contribution in [0.5, 0.6) is 5.75 Å². The number of anilines is 1. The van der Waals surface area contributed by atoms with Crippen molar-refractivity contribution < 1.29 is 19.1 Å². The van der Waals surface area contributed by atoms with Gasteiger partial charge in [0.2, 0.25) is 17.7 Å². The molecule has 2 unspecified atom stereocenters. The van der Waals surface area contributed by atoms with E-state index < -0.39 is 5.41 Å². The molecular formula is C21H27ClN2O4. The van der Waals surface area contributed by atoms with Crippen LogP contribution in [0.1, 0.15) is 46.5 Å². The molecule has 0 radical (unpaired) electrons. The van der Waals surface area contributed by atoms with Crippen LogP contribution in [0.4, 0.5) is 5.69 Å². The number of ether oxygens (including phenoxy) is 1. The van der Waals surface area contributed by atoms with Crippen molar-refractivity contribution >= 4 is 35.0 Å². The zero-order valence-corrected chi connectivity index (χ0v) is 17.6. The van der Waals surface area contributed by atoms with Crippen molar-refractivity contribution in [1.82, 2.24) is 4.90 Å². The van der Waals surface area contributed by atoms with E-state index in [4.69, 9.17) is 16.3 Å². The maximum Gasteiger partial charge on any atom is 0.235 e. The third-order valence-corrected chi connectivity index (χ3v) is 6.96. The summed E-state index contributed by atoms with van der Waals surface area (Å²) in [5.74, 6) is -0.0207. The lowest BCUT2D eigenvalue weighted by atomic mass is 9.62. The minimum atomic E-state index is -0.512. The zero-order valence-electron chi connectivity index (χ0n) is 16.8. The van der Waals surface area contributed by atoms with E-state index in [9.17, 15) is 14.4 Å². The van der Waals surface area contributed by atoms with Crippen molar-refractivity contribution in [1.29, 1.82) is 0 Å². The normalized spacial score (nSPS) is 25.8. The molecule has 0 spiro atoms. The first-order valence-electron chi connectivity index (χ1n) is 9.61. The summed E-state index contributed by atoms with van der Waals surface area (Å²) in [6.07, 6.45) is 2.09. The smallest absolute Gasteiger partial charge is 0.235 e. The average molecular weight is 407 g/mol. The van der Waals surface area contributed by atoms with Gasteiger partial charge in [-0.05, 0) is 42.9 Å². The standard InChI is InChI=1S/C21H27ClN2O4/c1-20(2)14-9-10-21(20,3)19(27)24(18(14)26)11-5-6-17(25)23-15-12-13(22)7-8-16(15)28-4/h7-8,12,14H,5-6,9-11H2,1-4H3,(H,23,25). The number of fused-ring (bicyclic) bond motifs is 2. The molecule has 2 atom stereocenters. The highest BCUT2D eigenvalue weighted by atomic mass is 35.5. The number of hydrogen-bond acceptors (Lipinski definition) is 4. The lowest BCUT2D eigenvalue weighted by Gasteiger charge is -2.47. The number of likely N-dealkylation sites (tertiary alicyclic amines) is 1. The fraction of sp³-hybridized carbons (Fsp3) is 0.571. The Morgan fingerprint density at radius 1 is 1.32 bits per heavy atom. The fourth-order valence-corrected chi connectivity index (χ4v) is 4.67. The SMILES string of the molecule is COc1ccc(Cl)cc1NC(=O)CCCN1C(=O)C2CCC(C)(C1=O)C2(C)C. The molecular weight excluding hydrogens is 380 g/mol. The van der Waals surface area contributed by atoms with Gasteiger partial charge in [0.25, 0.3) is 0 Å². The maximum atomic E-state index is 13.0. The third kappa shape index (κ3) is 3.28. The number of imide groups is 1. The highest BCUT2D eigenvalue weighted by molar-refractivity contribution is 6.31. The van der Waals surface area contributed by atoms with Crippen LogP contribution >= 0.6 is 11.6 Å². The quantitative estimate of drug-likeness (QED) is 0.727. The van der Waals surface area contributed by atoms with Crippen molar-refractivity contribution in [3.63, 3.8) is 0 Å². The molecule has 1 aromatic rings. The molecule has 1 aliphatic carbocycles. The summed E-state index contributed by atoms with van der Waals surface area (Å²) in [4.78, 5) is 39.5. The monoisotopic (exact) mass is 406 g/mol. The summed E-state index contributed by atoms with van der Waals surface area (Å²) in [7, 11) is 1.52. The molecule has 2 aliphatic rings. The molecule has 28 heavy (non-hydrogen) atoms. The van der Waals surface area contributed by atoms with Crippen LogP contribution in [-0.4, -0.2) is 36.3 Å². The first kappa shape index (κ1) is 20.6. The lowest BCUT2D eigenvalue weighted by molar-refractivity contribution is -0.168. The highest BCUT2D eigenvalue weighted by Gasteiger charge is 2.64. The highest BCUT2D eigenvalue weighted by Crippen LogP contribution is 2.60. The van der Waals surface area contributed by atoms with E-state index in [2.05, 4.69) is 5.32 Å². The second kappa shape index (κ2) is 7.39. The first-order valence-corrected chi connectivity index (χ1v) is 9.99. The predicted octanol–water partition coefficient (Wildman–Crippen LogP) is 3.88. The van der Waals surface area contributed by atoms with Crippen LogP contribution in [0.25, 0.3) is 0 Å². The largest absolute Gasteiger partial charge is 0.495 e. The molecule has 1 N–H and O–H groups in total. The number of benzene rings is 1. The second-order valence-electron chi connectivity index (χ2n) is 8.44. The topological polar surface area (TPSA) is 75.7 Å². The zero-order chi connectivity index (χ0) is 20.7. The Morgan fingerprint density at radius 2 is 2.04 bits per heavy atom. The molecule has 2 bridgehead atoms. The van der Waals surface area contributed by atoms with E-state index in [0.717, 1.165) is 12.8 Å². The molecule has 1 saturated heterocycles. The van der Waals surface area contributed by atoms with E-state index >= 15 is 0 Å². The molecule has 1 aromatic carbocycles. The third-order valence-electron chi connectivity index (χ3n) is 6.73. The van der Waals surface area contributed by atoms with Gasteiger partial charge in [-0.25, -0.2) is 0 Å². The van der Waals surface area contributed by atoms with Crippen LogP contribution < -0.4 is 10.1 Å². The molecule has 2 fully saturated rings. The van der Waals surface area contributed by atoms with Crippen LogP contribution in [0.3, 0.4) is 0 Å². The Hall–Kier alpha value is -2.08. The van der Waals surface area contributed by atoms with E-state index in [1.807, 2.05) is 20.8 Å². The Kier molecular flexibility index (Phi) is 5.45. The lowest BCUT2D eigenvalue weighted by Crippen LogP contribution is -2.59. The van der Waals surface area contributed by atoms with Crippen molar-refractivity contribution in [3.05, 3.63) is 23.2 Å². The Bertz CT molecular complexity index is 823. The fourth-order valence-electron chi connectivity index (χ4n) is 4.50. The number of hydrogen-bond donors (Lipinski definition) is 1. The summed E-state index contributed by atoms with van der Waals surface area (Å²) < 4.78 is 5.22. The molecule has 6 nitrogen and oxygen atoms in total. The molecule has 3 rings (SSSR count). The number of methoxy groups -OCH3 is 1. The number of piperidine rings is 1. The first-order chi connectivity index (χ1) is 13.1. The van der Waals surface area contributed by atoms with E-state index in [-0.39, 0.29) is 42.0 Å². The summed E-state index contributed by atoms with van der Waals surface area (Å²) in [6.45, 7) is 6.26. The summed E-state index contributed by atoms with van der Waals surface area (Å²) in [5, 5.41) is 3.27. The molecule has 7 heteroatoms. The van der Waals surface area contributed by atoms with Gasteiger partial charge in [0.15, 0.2) is 0 Å². The van der Waals surface area contributed by atoms with Crippen LogP contribution in [0.15, 0.2) is 18.2 Å². The van der Waals surface area contributed by atoms with Crippen molar-refractivity contribution in [2.24, 2.45) is 16.7 Å². The van der Waals surface area contributed by atoms with Crippen LogP contribution in [-0.2, 0) is 14.4 Å². The van der Waals surface area contributed by atoms with Crippen molar-refractivity contribution in [3.8, 4) is 5.75 Å². The van der Waals surface area contributed by atoms with Gasteiger partial charge in [-0.15, -0.1) is 0 Å². The summed E-state index contributed by atoms with van der Waals surface area (Å²) >= 11 is 5.98. The van der Waals surface area contributed by atoms with Crippen LogP contribution in [0, 0.1) is 16.7 Å². The number of nitrogens with zero attached hydrogens (tertiary/aromatic N) is 1. The van der Waals surface area contributed by atoms with Gasteiger partial charge in [0.1, 0.15) is 5.75 Å². The van der Waals surface area contributed by atoms with Crippen molar-refractivity contribution in [2.45, 2.75) is 46.5 Å². The molecule has 0 aromatic heterocycles. The molecule has 1 saturated carbocycles.